The van der Waals surface area contributed by atoms with Crippen molar-refractivity contribution in [1.82, 2.24) is 9.88 Å². The van der Waals surface area contributed by atoms with Crippen LogP contribution in [-0.4, -0.2) is 17.0 Å². The molecule has 1 heterocycles. The van der Waals surface area contributed by atoms with Gasteiger partial charge in [-0.15, -0.1) is 0 Å². The Bertz CT molecular complexity index is 435. The van der Waals surface area contributed by atoms with Gasteiger partial charge in [0, 0.05) is 18.8 Å². The van der Waals surface area contributed by atoms with Crippen LogP contribution in [0.2, 0.25) is 0 Å². The molecule has 21 heavy (non-hydrogen) atoms. The number of unbranched alkanes of at least 4 members (excludes halogenated alkanes) is 3. The first-order valence-corrected chi connectivity index (χ1v) is 8.17. The Morgan fingerprint density at radius 1 is 1.19 bits per heavy atom. The van der Waals surface area contributed by atoms with Crippen molar-refractivity contribution in [3.63, 3.8) is 0 Å². The number of hydrogen-bond acceptors (Lipinski definition) is 2. The largest absolute Gasteiger partial charge is 0.397 e. The van der Waals surface area contributed by atoms with Crippen LogP contribution >= 0.6 is 0 Å². The van der Waals surface area contributed by atoms with Gasteiger partial charge >= 0.3 is 0 Å². The summed E-state index contributed by atoms with van der Waals surface area (Å²) >= 11 is 0. The van der Waals surface area contributed by atoms with Gasteiger partial charge in [0.25, 0.3) is 5.91 Å². The lowest BCUT2D eigenvalue weighted by molar-refractivity contribution is 0.0942. The second-order valence-electron chi connectivity index (χ2n) is 6.51. The van der Waals surface area contributed by atoms with Crippen LogP contribution in [0.3, 0.4) is 0 Å². The molecule has 0 radical (unpaired) electrons. The van der Waals surface area contributed by atoms with Gasteiger partial charge in [-0.3, -0.25) is 4.79 Å². The van der Waals surface area contributed by atoms with Crippen molar-refractivity contribution in [2.24, 2.45) is 5.92 Å². The highest BCUT2D eigenvalue weighted by atomic mass is 16.1. The highest BCUT2D eigenvalue weighted by molar-refractivity contribution is 5.93. The van der Waals surface area contributed by atoms with Gasteiger partial charge in [-0.05, 0) is 32.3 Å². The molecule has 0 saturated carbocycles. The Kier molecular flexibility index (Phi) is 7.34. The number of hydrogen-bond donors (Lipinski definition) is 2. The molecule has 0 spiro atoms. The molecule has 0 unspecified atom stereocenters. The Morgan fingerprint density at radius 3 is 2.48 bits per heavy atom. The molecule has 0 aliphatic carbocycles. The third kappa shape index (κ3) is 6.23. The molecule has 0 aromatic carbocycles. The Hall–Kier alpha value is -1.45. The average Bonchev–Trinajstić information content (AvgIpc) is 2.79. The van der Waals surface area contributed by atoms with Crippen LogP contribution in [-0.2, 0) is 0 Å². The van der Waals surface area contributed by atoms with Crippen LogP contribution in [0.15, 0.2) is 12.3 Å². The first-order valence-electron chi connectivity index (χ1n) is 8.17. The van der Waals surface area contributed by atoms with E-state index in [1.165, 1.54) is 25.7 Å². The van der Waals surface area contributed by atoms with Gasteiger partial charge in [-0.25, -0.2) is 0 Å². The van der Waals surface area contributed by atoms with Gasteiger partial charge in [0.2, 0.25) is 0 Å². The quantitative estimate of drug-likeness (QED) is 0.676. The second-order valence-corrected chi connectivity index (χ2v) is 6.51. The van der Waals surface area contributed by atoms with Crippen LogP contribution in [0, 0.1) is 5.92 Å². The summed E-state index contributed by atoms with van der Waals surface area (Å²) in [6, 6.07) is 1.98. The number of carbonyl (C=O) groups is 1. The van der Waals surface area contributed by atoms with E-state index in [1.807, 2.05) is 24.6 Å². The lowest BCUT2D eigenvalue weighted by Crippen LogP contribution is -2.27. The Morgan fingerprint density at radius 2 is 1.86 bits per heavy atom. The predicted molar refractivity (Wildman–Crippen MR) is 89.5 cm³/mol. The molecule has 1 aromatic heterocycles. The Balaban J connectivity index is 2.28. The molecule has 4 heteroatoms. The topological polar surface area (TPSA) is 60.1 Å². The zero-order chi connectivity index (χ0) is 15.8. The average molecular weight is 293 g/mol. The first kappa shape index (κ1) is 17.6. The number of rotatable bonds is 9. The van der Waals surface area contributed by atoms with E-state index in [0.717, 1.165) is 18.9 Å². The highest BCUT2D eigenvalue weighted by Crippen LogP contribution is 2.16. The fraction of sp³-hybridized carbons (Fsp3) is 0.706. The van der Waals surface area contributed by atoms with Gasteiger partial charge < -0.3 is 15.6 Å². The fourth-order valence-corrected chi connectivity index (χ4v) is 2.43. The van der Waals surface area contributed by atoms with Gasteiger partial charge in [-0.1, -0.05) is 39.5 Å². The number of nitrogen functional groups attached to an aromatic ring is 1. The van der Waals surface area contributed by atoms with Gasteiger partial charge in [0.05, 0.1) is 5.69 Å². The summed E-state index contributed by atoms with van der Waals surface area (Å²) in [6.45, 7) is 9.35. The molecule has 4 nitrogen and oxygen atoms in total. The maximum Gasteiger partial charge on any atom is 0.267 e. The summed E-state index contributed by atoms with van der Waals surface area (Å²) in [5.41, 5.74) is 7.08. The smallest absolute Gasteiger partial charge is 0.267 e. The summed E-state index contributed by atoms with van der Waals surface area (Å²) in [5, 5.41) is 2.99. The molecule has 1 amide bonds. The summed E-state index contributed by atoms with van der Waals surface area (Å²) in [5.74, 6) is 0.765. The second kappa shape index (κ2) is 8.75. The highest BCUT2D eigenvalue weighted by Gasteiger charge is 2.14. The van der Waals surface area contributed by atoms with E-state index in [-0.39, 0.29) is 11.9 Å². The standard InChI is InChI=1S/C17H31N3O/c1-13(2)9-7-5-6-8-10-19-17(21)16-11-15(18)12-20(16)14(3)4/h11-14H,5-10,18H2,1-4H3,(H,19,21). The zero-order valence-corrected chi connectivity index (χ0v) is 14.0. The Labute approximate surface area is 129 Å². The SMILES string of the molecule is CC(C)CCCCCCNC(=O)c1cc(N)cn1C(C)C. The molecule has 120 valence electrons. The normalized spacial score (nSPS) is 11.3. The van der Waals surface area contributed by atoms with Crippen molar-refractivity contribution in [3.05, 3.63) is 18.0 Å². The molecule has 0 aliphatic rings. The van der Waals surface area contributed by atoms with Crippen LogP contribution in [0.1, 0.15) is 76.3 Å². The molecular formula is C17H31N3O. The van der Waals surface area contributed by atoms with Crippen molar-refractivity contribution in [1.29, 1.82) is 0 Å². The number of nitrogens with zero attached hydrogens (tertiary/aromatic N) is 1. The maximum absolute atomic E-state index is 12.2. The number of amides is 1. The minimum atomic E-state index is -0.0254. The summed E-state index contributed by atoms with van der Waals surface area (Å²) in [4.78, 5) is 12.2. The van der Waals surface area contributed by atoms with E-state index in [9.17, 15) is 4.79 Å². The number of carbonyl (C=O) groups excluding carboxylic acids is 1. The summed E-state index contributed by atoms with van der Waals surface area (Å²) in [6.07, 6.45) is 7.89. The van der Waals surface area contributed by atoms with Gasteiger partial charge in [0.1, 0.15) is 5.69 Å². The molecule has 0 fully saturated rings. The predicted octanol–water partition coefficient (Wildman–Crippen LogP) is 3.99. The lowest BCUT2D eigenvalue weighted by Gasteiger charge is -2.12. The van der Waals surface area contributed by atoms with Crippen molar-refractivity contribution >= 4 is 11.6 Å². The summed E-state index contributed by atoms with van der Waals surface area (Å²) in [7, 11) is 0. The van der Waals surface area contributed by atoms with Crippen molar-refractivity contribution in [3.8, 4) is 0 Å². The van der Waals surface area contributed by atoms with Crippen molar-refractivity contribution < 1.29 is 4.79 Å². The van der Waals surface area contributed by atoms with Crippen LogP contribution in [0.25, 0.3) is 0 Å². The molecule has 0 aliphatic heterocycles. The number of nitrogens with one attached hydrogen (secondary N) is 1. The zero-order valence-electron chi connectivity index (χ0n) is 14.0. The van der Waals surface area contributed by atoms with E-state index >= 15 is 0 Å². The molecule has 0 saturated heterocycles. The minimum absolute atomic E-state index is 0.0254. The van der Waals surface area contributed by atoms with Crippen molar-refractivity contribution in [2.45, 2.75) is 65.8 Å². The van der Waals surface area contributed by atoms with Crippen LogP contribution in [0.5, 0.6) is 0 Å². The van der Waals surface area contributed by atoms with E-state index in [4.69, 9.17) is 5.73 Å². The van der Waals surface area contributed by atoms with Crippen LogP contribution in [0.4, 0.5) is 5.69 Å². The fourth-order valence-electron chi connectivity index (χ4n) is 2.43. The first-order chi connectivity index (χ1) is 9.91. The summed E-state index contributed by atoms with van der Waals surface area (Å²) < 4.78 is 1.92. The molecule has 3 N–H and O–H groups in total. The third-order valence-electron chi connectivity index (χ3n) is 3.65. The lowest BCUT2D eigenvalue weighted by atomic mass is 10.0. The minimum Gasteiger partial charge on any atom is -0.397 e. The third-order valence-corrected chi connectivity index (χ3v) is 3.65. The maximum atomic E-state index is 12.2. The molecular weight excluding hydrogens is 262 g/mol. The van der Waals surface area contributed by atoms with Gasteiger partial charge in [0.15, 0.2) is 0 Å². The number of nitrogens with two attached hydrogens (primary N) is 1. The number of anilines is 1. The van der Waals surface area contributed by atoms with E-state index in [1.54, 1.807) is 6.07 Å². The van der Waals surface area contributed by atoms with E-state index in [2.05, 4.69) is 19.2 Å². The van der Waals surface area contributed by atoms with Gasteiger partial charge in [-0.2, -0.15) is 0 Å². The van der Waals surface area contributed by atoms with Crippen LogP contribution < -0.4 is 11.1 Å². The molecule has 1 aromatic rings. The van der Waals surface area contributed by atoms with E-state index in [0.29, 0.717) is 11.4 Å². The van der Waals surface area contributed by atoms with Crippen molar-refractivity contribution in [2.75, 3.05) is 12.3 Å². The molecule has 0 bridgehead atoms. The number of aromatic nitrogens is 1. The molecule has 0 atom stereocenters. The molecule has 1 rings (SSSR count). The monoisotopic (exact) mass is 293 g/mol. The van der Waals surface area contributed by atoms with E-state index < -0.39 is 0 Å².